The van der Waals surface area contributed by atoms with E-state index in [0.29, 0.717) is 31.4 Å². The number of esters is 1. The minimum Gasteiger partial charge on any atom is -0.455 e. The number of allylic oxidation sites excluding steroid dienone is 1. The molecule has 2 saturated carbocycles. The van der Waals surface area contributed by atoms with Crippen molar-refractivity contribution in [2.75, 3.05) is 20.8 Å². The number of carbonyl (C=O) groups is 2. The molecule has 3 aliphatic carbocycles. The van der Waals surface area contributed by atoms with Gasteiger partial charge in [-0.15, -0.1) is 0 Å². The molecule has 202 valence electrons. The third-order valence-corrected chi connectivity index (χ3v) is 10.4. The number of Topliss-reactive ketones (excluding diaryl/α,β-unsaturated/α-hetero) is 1. The quantitative estimate of drug-likeness (QED) is 0.479. The van der Waals surface area contributed by atoms with Crippen LogP contribution in [0.2, 0.25) is 0 Å². The van der Waals surface area contributed by atoms with Gasteiger partial charge in [-0.25, -0.2) is 4.79 Å². The number of benzene rings is 1. The predicted molar refractivity (Wildman–Crippen MR) is 137 cm³/mol. The van der Waals surface area contributed by atoms with Crippen LogP contribution in [0.25, 0.3) is 0 Å². The lowest BCUT2D eigenvalue weighted by atomic mass is 9.42. The molecule has 37 heavy (non-hydrogen) atoms. The van der Waals surface area contributed by atoms with Gasteiger partial charge in [-0.1, -0.05) is 44.5 Å². The Kier molecular flexibility index (Phi) is 6.26. The molecule has 1 aromatic carbocycles. The van der Waals surface area contributed by atoms with Crippen LogP contribution in [-0.4, -0.2) is 67.7 Å². The molecule has 4 aliphatic rings. The summed E-state index contributed by atoms with van der Waals surface area (Å²) in [7, 11) is 3.16. The van der Waals surface area contributed by atoms with Gasteiger partial charge >= 0.3 is 5.97 Å². The van der Waals surface area contributed by atoms with Gasteiger partial charge in [0.15, 0.2) is 5.78 Å². The number of carbonyl (C=O) groups excluding carboxylic acids is 2. The number of rotatable bonds is 4. The molecule has 3 fully saturated rings. The molecule has 7 nitrogen and oxygen atoms in total. The van der Waals surface area contributed by atoms with Crippen LogP contribution in [0.3, 0.4) is 0 Å². The maximum atomic E-state index is 14.7. The van der Waals surface area contributed by atoms with E-state index >= 15 is 0 Å². The van der Waals surface area contributed by atoms with E-state index in [9.17, 15) is 14.7 Å². The molecule has 1 aromatic rings. The second-order valence-corrected chi connectivity index (χ2v) is 12.4. The van der Waals surface area contributed by atoms with Crippen molar-refractivity contribution in [3.63, 3.8) is 0 Å². The second-order valence-electron chi connectivity index (χ2n) is 12.4. The van der Waals surface area contributed by atoms with Crippen molar-refractivity contribution >= 4 is 11.8 Å². The van der Waals surface area contributed by atoms with Crippen LogP contribution in [0.15, 0.2) is 41.5 Å². The summed E-state index contributed by atoms with van der Waals surface area (Å²) in [6, 6.07) is 8.82. The van der Waals surface area contributed by atoms with E-state index in [1.165, 1.54) is 0 Å². The molecule has 7 heteroatoms. The number of methoxy groups -OCH3 is 2. The molecule has 1 aliphatic heterocycles. The minimum absolute atomic E-state index is 0.0921. The third-order valence-electron chi connectivity index (χ3n) is 10.4. The van der Waals surface area contributed by atoms with Gasteiger partial charge in [0.25, 0.3) is 0 Å². The molecule has 1 unspecified atom stereocenters. The van der Waals surface area contributed by atoms with Crippen LogP contribution >= 0.6 is 0 Å². The lowest BCUT2D eigenvalue weighted by molar-refractivity contribution is -0.314. The van der Waals surface area contributed by atoms with Gasteiger partial charge in [0.1, 0.15) is 17.8 Å². The maximum Gasteiger partial charge on any atom is 0.338 e. The third kappa shape index (κ3) is 3.40. The largest absolute Gasteiger partial charge is 0.455 e. The van der Waals surface area contributed by atoms with Crippen LogP contribution < -0.4 is 0 Å². The van der Waals surface area contributed by atoms with Gasteiger partial charge in [0.05, 0.1) is 29.8 Å². The maximum absolute atomic E-state index is 14.7. The molecule has 1 N–H and O–H groups in total. The summed E-state index contributed by atoms with van der Waals surface area (Å²) in [5, 5.41) is 12.8. The van der Waals surface area contributed by atoms with Crippen LogP contribution in [0.1, 0.15) is 64.2 Å². The Labute approximate surface area is 219 Å². The van der Waals surface area contributed by atoms with Gasteiger partial charge < -0.3 is 24.1 Å². The van der Waals surface area contributed by atoms with Crippen LogP contribution in [0, 0.1) is 22.2 Å². The number of fused-ring (bicyclic) bond motifs is 5. The molecule has 1 heterocycles. The fourth-order valence-corrected chi connectivity index (χ4v) is 8.21. The fourth-order valence-electron chi connectivity index (χ4n) is 8.21. The Morgan fingerprint density at radius 3 is 2.32 bits per heavy atom. The van der Waals surface area contributed by atoms with Crippen molar-refractivity contribution in [1.29, 1.82) is 0 Å². The minimum atomic E-state index is -1.45. The zero-order valence-electron chi connectivity index (χ0n) is 23.0. The van der Waals surface area contributed by atoms with E-state index in [0.717, 1.165) is 11.1 Å². The van der Waals surface area contributed by atoms with Gasteiger partial charge in [0, 0.05) is 37.4 Å². The molecule has 8 atom stereocenters. The SMILES string of the molecule is CO[C@H]1C(=O)[C@@]2(C)C([C@H](OC(=O)c3ccccc3)[C@]3(O)CCC(C)=C1C3(C)C)[C@]1(C)CO[C@@H]1C[C@@H]2OC. The first-order chi connectivity index (χ1) is 17.4. The van der Waals surface area contributed by atoms with E-state index < -0.39 is 52.0 Å². The monoisotopic (exact) mass is 512 g/mol. The van der Waals surface area contributed by atoms with Gasteiger partial charge in [0.2, 0.25) is 0 Å². The van der Waals surface area contributed by atoms with Crippen LogP contribution in [0.4, 0.5) is 0 Å². The standard InChI is InChI=1S/C30H40O7/c1-17-13-14-30(33)25(37-26(32)18-11-9-8-10-12-18)23-28(4)16-36-19(28)15-20(34-6)29(23,5)24(31)22(35-7)21(17)27(30,2)3/h8-12,19-20,22-23,25,33H,13-16H2,1-7H3/t19-,20+,22-,23?,25+,28-,29-,30-/m1/s1. The average Bonchev–Trinajstić information content (AvgIpc) is 2.87. The Hall–Kier alpha value is -2.06. The second kappa shape index (κ2) is 8.73. The molecule has 5 rings (SSSR count). The Morgan fingerprint density at radius 1 is 1.08 bits per heavy atom. The summed E-state index contributed by atoms with van der Waals surface area (Å²) in [5.41, 5.74) is -1.73. The lowest BCUT2D eigenvalue weighted by Gasteiger charge is -2.68. The van der Waals surface area contributed by atoms with Gasteiger partial charge in [-0.3, -0.25) is 4.79 Å². The Morgan fingerprint density at radius 2 is 1.76 bits per heavy atom. The highest BCUT2D eigenvalue weighted by molar-refractivity contribution is 5.94. The number of ketones is 1. The Bertz CT molecular complexity index is 1130. The molecule has 2 bridgehead atoms. The predicted octanol–water partition coefficient (Wildman–Crippen LogP) is 4.12. The van der Waals surface area contributed by atoms with Crippen molar-refractivity contribution < 1.29 is 33.6 Å². The number of ether oxygens (including phenoxy) is 4. The molecule has 0 spiro atoms. The molecule has 0 aromatic heterocycles. The summed E-state index contributed by atoms with van der Waals surface area (Å²) < 4.78 is 24.4. The number of hydrogen-bond donors (Lipinski definition) is 1. The molecular formula is C30H40O7. The first-order valence-corrected chi connectivity index (χ1v) is 13.3. The normalized spacial score (nSPS) is 42.6. The molecule has 1 saturated heterocycles. The highest BCUT2D eigenvalue weighted by Crippen LogP contribution is 2.66. The first kappa shape index (κ1) is 26.5. The molecule has 0 radical (unpaired) electrons. The number of hydrogen-bond acceptors (Lipinski definition) is 7. The topological polar surface area (TPSA) is 91.3 Å². The van der Waals surface area contributed by atoms with Gasteiger partial charge in [-0.2, -0.15) is 0 Å². The highest BCUT2D eigenvalue weighted by atomic mass is 16.6. The summed E-state index contributed by atoms with van der Waals surface area (Å²) >= 11 is 0. The Balaban J connectivity index is 1.78. The lowest BCUT2D eigenvalue weighted by Crippen LogP contribution is -2.77. The van der Waals surface area contributed by atoms with E-state index in [2.05, 4.69) is 6.92 Å². The van der Waals surface area contributed by atoms with Crippen molar-refractivity contribution in [1.82, 2.24) is 0 Å². The average molecular weight is 513 g/mol. The van der Waals surface area contributed by atoms with E-state index in [-0.39, 0.29) is 11.9 Å². The van der Waals surface area contributed by atoms with Crippen molar-refractivity contribution in [2.24, 2.45) is 22.2 Å². The zero-order valence-corrected chi connectivity index (χ0v) is 23.0. The smallest absolute Gasteiger partial charge is 0.338 e. The van der Waals surface area contributed by atoms with Crippen molar-refractivity contribution in [3.05, 3.63) is 47.0 Å². The van der Waals surface area contributed by atoms with E-state index in [1.807, 2.05) is 33.8 Å². The first-order valence-electron chi connectivity index (χ1n) is 13.3. The summed E-state index contributed by atoms with van der Waals surface area (Å²) in [5.74, 6) is -1.16. The molecule has 0 amide bonds. The van der Waals surface area contributed by atoms with E-state index in [4.69, 9.17) is 18.9 Å². The summed E-state index contributed by atoms with van der Waals surface area (Å²) in [4.78, 5) is 28.3. The summed E-state index contributed by atoms with van der Waals surface area (Å²) in [6.45, 7) is 10.3. The zero-order chi connectivity index (χ0) is 27.0. The highest BCUT2D eigenvalue weighted by Gasteiger charge is 2.74. The van der Waals surface area contributed by atoms with E-state index in [1.54, 1.807) is 38.5 Å². The number of aliphatic hydroxyl groups is 1. The van der Waals surface area contributed by atoms with Crippen molar-refractivity contribution in [3.8, 4) is 0 Å². The van der Waals surface area contributed by atoms with Gasteiger partial charge in [-0.05, 0) is 44.4 Å². The van der Waals surface area contributed by atoms with Crippen LogP contribution in [-0.2, 0) is 23.7 Å². The summed E-state index contributed by atoms with van der Waals surface area (Å²) in [6.07, 6.45) is -0.951. The molecular weight excluding hydrogens is 472 g/mol. The van der Waals surface area contributed by atoms with Crippen molar-refractivity contribution in [2.45, 2.75) is 83.9 Å². The van der Waals surface area contributed by atoms with Crippen LogP contribution in [0.5, 0.6) is 0 Å². The fraction of sp³-hybridized carbons (Fsp3) is 0.667.